The zero-order chi connectivity index (χ0) is 22.5. The van der Waals surface area contributed by atoms with Gasteiger partial charge in [-0.15, -0.1) is 5.10 Å². The summed E-state index contributed by atoms with van der Waals surface area (Å²) in [5.41, 5.74) is 10.1. The lowest BCUT2D eigenvalue weighted by atomic mass is 10.1. The van der Waals surface area contributed by atoms with Gasteiger partial charge in [-0.25, -0.2) is 10.1 Å². The van der Waals surface area contributed by atoms with E-state index in [1.165, 1.54) is 10.9 Å². The number of carbonyl (C=O) groups excluding carboxylic acids is 1. The molecule has 0 saturated carbocycles. The zero-order valence-corrected chi connectivity index (χ0v) is 18.4. The van der Waals surface area contributed by atoms with Gasteiger partial charge in [0.15, 0.2) is 5.69 Å². The molecule has 1 amide bonds. The van der Waals surface area contributed by atoms with E-state index < -0.39 is 5.91 Å². The molecule has 2 aromatic carbocycles. The Bertz CT molecular complexity index is 1270. The third-order valence-corrected chi connectivity index (χ3v) is 4.74. The van der Waals surface area contributed by atoms with E-state index in [0.29, 0.717) is 23.6 Å². The molecular weight excluding hydrogens is 480 g/mol. The quantitative estimate of drug-likeness (QED) is 0.293. The van der Waals surface area contributed by atoms with Gasteiger partial charge in [0.25, 0.3) is 5.91 Å². The van der Waals surface area contributed by atoms with Crippen molar-refractivity contribution in [2.24, 2.45) is 5.10 Å². The highest BCUT2D eigenvalue weighted by Crippen LogP contribution is 2.28. The second kappa shape index (κ2) is 9.39. The number of aromatic nitrogens is 5. The minimum Gasteiger partial charge on any atom is -0.494 e. The summed E-state index contributed by atoms with van der Waals surface area (Å²) in [4.78, 5) is 12.9. The predicted octanol–water partition coefficient (Wildman–Crippen LogP) is 2.82. The third kappa shape index (κ3) is 4.49. The first-order valence-corrected chi connectivity index (χ1v) is 10.2. The van der Waals surface area contributed by atoms with E-state index in [1.807, 2.05) is 31.2 Å². The molecule has 0 bridgehead atoms. The summed E-state index contributed by atoms with van der Waals surface area (Å²) in [6.07, 6.45) is 1.52. The largest absolute Gasteiger partial charge is 0.494 e. The van der Waals surface area contributed by atoms with E-state index >= 15 is 0 Å². The molecule has 0 fully saturated rings. The Morgan fingerprint density at radius 3 is 2.78 bits per heavy atom. The van der Waals surface area contributed by atoms with Crippen LogP contribution in [-0.2, 0) is 0 Å². The average Bonchev–Trinajstić information content (AvgIpc) is 3.40. The lowest BCUT2D eigenvalue weighted by molar-refractivity contribution is 0.0950. The van der Waals surface area contributed by atoms with E-state index in [4.69, 9.17) is 10.5 Å². The molecule has 0 aliphatic heterocycles. The molecule has 2 aromatic heterocycles. The molecule has 11 nitrogen and oxygen atoms in total. The predicted molar refractivity (Wildman–Crippen MR) is 119 cm³/mol. The Morgan fingerprint density at radius 2 is 2.09 bits per heavy atom. The molecule has 0 spiro atoms. The number of nitrogens with zero attached hydrogens (tertiary/aromatic N) is 6. The second-order valence-electron chi connectivity index (χ2n) is 6.38. The Labute approximate surface area is 190 Å². The number of hydrogen-bond acceptors (Lipinski definition) is 9. The number of carbonyl (C=O) groups is 1. The minimum atomic E-state index is -0.568. The fourth-order valence-electron chi connectivity index (χ4n) is 2.86. The van der Waals surface area contributed by atoms with Gasteiger partial charge in [-0.3, -0.25) is 4.79 Å². The summed E-state index contributed by atoms with van der Waals surface area (Å²) >= 11 is 3.39. The fourth-order valence-corrected chi connectivity index (χ4v) is 3.28. The molecule has 162 valence electrons. The summed E-state index contributed by atoms with van der Waals surface area (Å²) in [6.45, 7) is 2.42. The van der Waals surface area contributed by atoms with E-state index in [2.05, 4.69) is 51.7 Å². The fraction of sp³-hybridized carbons (Fsp3) is 0.100. The lowest BCUT2D eigenvalue weighted by Crippen LogP contribution is -2.19. The molecule has 0 saturated heterocycles. The molecule has 3 N–H and O–H groups in total. The smallest absolute Gasteiger partial charge is 0.294 e. The van der Waals surface area contributed by atoms with Gasteiger partial charge in [0.2, 0.25) is 11.6 Å². The molecule has 4 rings (SSSR count). The number of benzene rings is 2. The van der Waals surface area contributed by atoms with Crippen LogP contribution in [0.2, 0.25) is 0 Å². The van der Waals surface area contributed by atoms with Crippen molar-refractivity contribution in [2.75, 3.05) is 12.3 Å². The number of amides is 1. The number of halogens is 1. The van der Waals surface area contributed by atoms with Crippen LogP contribution < -0.4 is 15.9 Å². The van der Waals surface area contributed by atoms with Crippen LogP contribution in [0.15, 0.2) is 62.7 Å². The first kappa shape index (κ1) is 21.2. The van der Waals surface area contributed by atoms with Gasteiger partial charge in [-0.1, -0.05) is 33.3 Å². The topological polar surface area (TPSA) is 146 Å². The van der Waals surface area contributed by atoms with Crippen LogP contribution >= 0.6 is 15.9 Å². The van der Waals surface area contributed by atoms with Crippen LogP contribution in [0.25, 0.3) is 17.1 Å². The van der Waals surface area contributed by atoms with Gasteiger partial charge in [-0.05, 0) is 59.2 Å². The Balaban J connectivity index is 1.68. The summed E-state index contributed by atoms with van der Waals surface area (Å²) in [5, 5.41) is 19.4. The van der Waals surface area contributed by atoms with Gasteiger partial charge < -0.3 is 10.5 Å². The number of nitrogens with two attached hydrogens (primary N) is 1. The van der Waals surface area contributed by atoms with Crippen molar-refractivity contribution in [2.45, 2.75) is 6.92 Å². The first-order chi connectivity index (χ1) is 15.6. The number of hydrogen-bond donors (Lipinski definition) is 2. The Morgan fingerprint density at radius 1 is 1.28 bits per heavy atom. The number of nitrogen functional groups attached to an aromatic ring is 1. The van der Waals surface area contributed by atoms with Gasteiger partial charge in [0.1, 0.15) is 11.4 Å². The Hall–Kier alpha value is -4.06. The van der Waals surface area contributed by atoms with Crippen molar-refractivity contribution in [3.63, 3.8) is 0 Å². The monoisotopic (exact) mass is 496 g/mol. The molecule has 0 aliphatic carbocycles. The van der Waals surface area contributed by atoms with Crippen molar-refractivity contribution in [3.05, 3.63) is 64.3 Å². The number of nitrogens with one attached hydrogen (secondary N) is 1. The molecule has 0 radical (unpaired) electrons. The number of ether oxygens (including phenoxy) is 1. The minimum absolute atomic E-state index is 0.00159. The highest BCUT2D eigenvalue weighted by molar-refractivity contribution is 9.10. The summed E-state index contributed by atoms with van der Waals surface area (Å²) in [6, 6.07) is 14.5. The van der Waals surface area contributed by atoms with Crippen molar-refractivity contribution in [1.82, 2.24) is 30.7 Å². The molecule has 0 aliphatic rings. The van der Waals surface area contributed by atoms with Crippen LogP contribution in [0, 0.1) is 0 Å². The van der Waals surface area contributed by atoms with Crippen LogP contribution in [0.5, 0.6) is 5.75 Å². The second-order valence-corrected chi connectivity index (χ2v) is 7.30. The van der Waals surface area contributed by atoms with Crippen LogP contribution in [0.1, 0.15) is 23.0 Å². The average molecular weight is 497 g/mol. The van der Waals surface area contributed by atoms with Crippen molar-refractivity contribution >= 4 is 33.9 Å². The normalized spacial score (nSPS) is 11.1. The van der Waals surface area contributed by atoms with Crippen LogP contribution in [0.3, 0.4) is 0 Å². The lowest BCUT2D eigenvalue weighted by Gasteiger charge is -2.07. The van der Waals surface area contributed by atoms with Gasteiger partial charge in [-0.2, -0.15) is 9.78 Å². The van der Waals surface area contributed by atoms with Gasteiger partial charge >= 0.3 is 0 Å². The highest BCUT2D eigenvalue weighted by Gasteiger charge is 2.25. The highest BCUT2D eigenvalue weighted by atomic mass is 79.9. The van der Waals surface area contributed by atoms with Crippen molar-refractivity contribution in [3.8, 4) is 22.8 Å². The number of anilines is 1. The summed E-state index contributed by atoms with van der Waals surface area (Å²) in [5.74, 6) is 0.226. The van der Waals surface area contributed by atoms with E-state index in [9.17, 15) is 4.79 Å². The maximum Gasteiger partial charge on any atom is 0.294 e. The number of hydrazone groups is 1. The van der Waals surface area contributed by atoms with Crippen molar-refractivity contribution in [1.29, 1.82) is 0 Å². The molecule has 2 heterocycles. The Kier molecular flexibility index (Phi) is 6.22. The van der Waals surface area contributed by atoms with Gasteiger partial charge in [0.05, 0.1) is 12.8 Å². The number of rotatable bonds is 7. The van der Waals surface area contributed by atoms with Crippen LogP contribution in [0.4, 0.5) is 5.82 Å². The molecule has 12 heteroatoms. The van der Waals surface area contributed by atoms with E-state index in [1.54, 1.807) is 24.3 Å². The standard InChI is InChI=1S/C20H17BrN8O3/c1-2-31-15-8-6-13(7-9-15)17-16(24-28-29(17)19-18(22)26-32-27-19)20(30)25-23-11-12-4-3-5-14(21)10-12/h3-11H,2H2,1H3,(H2,22,26)(H,25,30)/b23-11+. The SMILES string of the molecule is CCOc1ccc(-c2c(C(=O)N/N=C/c3cccc(Br)c3)nnn2-c2nonc2N)cc1. The zero-order valence-electron chi connectivity index (χ0n) is 16.8. The first-order valence-electron chi connectivity index (χ1n) is 9.43. The maximum atomic E-state index is 12.9. The summed E-state index contributed by atoms with van der Waals surface area (Å²) in [7, 11) is 0. The summed E-state index contributed by atoms with van der Waals surface area (Å²) < 4.78 is 12.3. The maximum absolute atomic E-state index is 12.9. The molecule has 32 heavy (non-hydrogen) atoms. The van der Waals surface area contributed by atoms with Gasteiger partial charge in [0, 0.05) is 10.0 Å². The van der Waals surface area contributed by atoms with E-state index in [-0.39, 0.29) is 17.3 Å². The molecule has 4 aromatic rings. The van der Waals surface area contributed by atoms with Crippen LogP contribution in [-0.4, -0.2) is 44.0 Å². The molecule has 0 unspecified atom stereocenters. The molecule has 0 atom stereocenters. The molecular formula is C20H17BrN8O3. The third-order valence-electron chi connectivity index (χ3n) is 4.25. The van der Waals surface area contributed by atoms with E-state index in [0.717, 1.165) is 10.0 Å². The van der Waals surface area contributed by atoms with Crippen molar-refractivity contribution < 1.29 is 14.2 Å².